The highest BCUT2D eigenvalue weighted by Crippen LogP contribution is 2.23. The van der Waals surface area contributed by atoms with Gasteiger partial charge in [0.15, 0.2) is 0 Å². The molecule has 1 heterocycles. The summed E-state index contributed by atoms with van der Waals surface area (Å²) in [4.78, 5) is 14.3. The lowest BCUT2D eigenvalue weighted by atomic mass is 10.1. The predicted molar refractivity (Wildman–Crippen MR) is 108 cm³/mol. The van der Waals surface area contributed by atoms with Gasteiger partial charge in [-0.05, 0) is 51.3 Å². The van der Waals surface area contributed by atoms with E-state index in [1.807, 2.05) is 28.8 Å². The van der Waals surface area contributed by atoms with Crippen LogP contribution in [0.3, 0.4) is 0 Å². The standard InChI is InChI=1S/C21H31FN4O/c1-15(2)19-14-17(24-26(19)21(3,4)5)20(27)23-12-9-13-25(6)18-11-8-7-10-16(18)22/h7-8,10-11,14-15H,9,12-13H2,1-6H3,(H,23,27). The van der Waals surface area contributed by atoms with E-state index in [4.69, 9.17) is 0 Å². The Kier molecular flexibility index (Phi) is 6.63. The van der Waals surface area contributed by atoms with E-state index in [-0.39, 0.29) is 23.2 Å². The van der Waals surface area contributed by atoms with E-state index < -0.39 is 0 Å². The van der Waals surface area contributed by atoms with Gasteiger partial charge in [-0.3, -0.25) is 9.48 Å². The van der Waals surface area contributed by atoms with Gasteiger partial charge < -0.3 is 10.2 Å². The minimum absolute atomic E-state index is 0.173. The van der Waals surface area contributed by atoms with E-state index in [1.54, 1.807) is 12.1 Å². The summed E-state index contributed by atoms with van der Waals surface area (Å²) < 4.78 is 15.7. The van der Waals surface area contributed by atoms with Crippen molar-refractivity contribution in [2.24, 2.45) is 0 Å². The number of nitrogens with one attached hydrogen (secondary N) is 1. The molecule has 0 aliphatic rings. The van der Waals surface area contributed by atoms with Gasteiger partial charge in [-0.25, -0.2) is 4.39 Å². The Hall–Kier alpha value is -2.37. The predicted octanol–water partition coefficient (Wildman–Crippen LogP) is 4.16. The molecule has 0 bridgehead atoms. The summed E-state index contributed by atoms with van der Waals surface area (Å²) in [6, 6.07) is 8.56. The van der Waals surface area contributed by atoms with Crippen molar-refractivity contribution in [2.75, 3.05) is 25.0 Å². The molecule has 5 nitrogen and oxygen atoms in total. The second-order valence-electron chi connectivity index (χ2n) is 8.17. The van der Waals surface area contributed by atoms with Crippen LogP contribution in [0.1, 0.15) is 63.1 Å². The monoisotopic (exact) mass is 374 g/mol. The van der Waals surface area contributed by atoms with Crippen molar-refractivity contribution in [2.45, 2.75) is 52.5 Å². The van der Waals surface area contributed by atoms with Crippen molar-refractivity contribution in [3.8, 4) is 0 Å². The third kappa shape index (κ3) is 5.31. The van der Waals surface area contributed by atoms with E-state index in [9.17, 15) is 9.18 Å². The molecule has 0 radical (unpaired) electrons. The molecule has 2 aromatic rings. The largest absolute Gasteiger partial charge is 0.372 e. The van der Waals surface area contributed by atoms with Crippen LogP contribution in [0.15, 0.2) is 30.3 Å². The Labute approximate surface area is 161 Å². The van der Waals surface area contributed by atoms with Crippen molar-refractivity contribution in [1.29, 1.82) is 0 Å². The highest BCUT2D eigenvalue weighted by molar-refractivity contribution is 5.92. The van der Waals surface area contributed by atoms with Crippen molar-refractivity contribution < 1.29 is 9.18 Å². The van der Waals surface area contributed by atoms with Crippen LogP contribution in [-0.2, 0) is 5.54 Å². The van der Waals surface area contributed by atoms with Gasteiger partial charge in [0.2, 0.25) is 0 Å². The maximum Gasteiger partial charge on any atom is 0.271 e. The third-order valence-electron chi connectivity index (χ3n) is 4.42. The van der Waals surface area contributed by atoms with Crippen LogP contribution in [0.4, 0.5) is 10.1 Å². The van der Waals surface area contributed by atoms with Crippen LogP contribution in [0.25, 0.3) is 0 Å². The second-order valence-corrected chi connectivity index (χ2v) is 8.17. The van der Waals surface area contributed by atoms with E-state index in [0.29, 0.717) is 30.9 Å². The van der Waals surface area contributed by atoms with Crippen molar-refractivity contribution in [1.82, 2.24) is 15.1 Å². The normalized spacial score (nSPS) is 11.7. The van der Waals surface area contributed by atoms with Crippen molar-refractivity contribution in [3.05, 3.63) is 47.5 Å². The van der Waals surface area contributed by atoms with Gasteiger partial charge in [-0.15, -0.1) is 0 Å². The fraction of sp³-hybridized carbons (Fsp3) is 0.524. The molecule has 0 spiro atoms. The first-order valence-electron chi connectivity index (χ1n) is 9.45. The zero-order valence-electron chi connectivity index (χ0n) is 17.2. The maximum absolute atomic E-state index is 13.8. The van der Waals surface area contributed by atoms with Gasteiger partial charge in [0.1, 0.15) is 11.5 Å². The number of hydrogen-bond donors (Lipinski definition) is 1. The quantitative estimate of drug-likeness (QED) is 0.741. The Morgan fingerprint density at radius 2 is 1.96 bits per heavy atom. The highest BCUT2D eigenvalue weighted by Gasteiger charge is 2.23. The Balaban J connectivity index is 1.92. The molecule has 148 valence electrons. The smallest absolute Gasteiger partial charge is 0.271 e. The summed E-state index contributed by atoms with van der Waals surface area (Å²) in [6.45, 7) is 11.6. The van der Waals surface area contributed by atoms with E-state index >= 15 is 0 Å². The molecular formula is C21H31FN4O. The molecule has 6 heteroatoms. The fourth-order valence-corrected chi connectivity index (χ4v) is 2.95. The number of carbonyl (C=O) groups is 1. The number of rotatable bonds is 7. The molecule has 1 aromatic heterocycles. The Bertz CT molecular complexity index is 777. The molecule has 0 saturated carbocycles. The van der Waals surface area contributed by atoms with Crippen LogP contribution < -0.4 is 10.2 Å². The summed E-state index contributed by atoms with van der Waals surface area (Å²) in [6.07, 6.45) is 0.716. The molecule has 1 aromatic carbocycles. The summed E-state index contributed by atoms with van der Waals surface area (Å²) in [5.74, 6) is -0.126. The number of benzene rings is 1. The van der Waals surface area contributed by atoms with Gasteiger partial charge in [-0.1, -0.05) is 26.0 Å². The zero-order chi connectivity index (χ0) is 20.2. The fourth-order valence-electron chi connectivity index (χ4n) is 2.95. The van der Waals surface area contributed by atoms with Crippen LogP contribution in [-0.4, -0.2) is 35.8 Å². The number of halogens is 1. The van der Waals surface area contributed by atoms with Crippen LogP contribution in [0, 0.1) is 5.82 Å². The molecule has 1 amide bonds. The first-order valence-corrected chi connectivity index (χ1v) is 9.45. The van der Waals surface area contributed by atoms with Gasteiger partial charge in [0.25, 0.3) is 5.91 Å². The lowest BCUT2D eigenvalue weighted by Crippen LogP contribution is -2.29. The SMILES string of the molecule is CC(C)c1cc(C(=O)NCCCN(C)c2ccccc2F)nn1C(C)(C)C. The van der Waals surface area contributed by atoms with Gasteiger partial charge in [0, 0.05) is 25.8 Å². The average molecular weight is 375 g/mol. The van der Waals surface area contributed by atoms with E-state index in [0.717, 1.165) is 5.69 Å². The Morgan fingerprint density at radius 3 is 2.52 bits per heavy atom. The summed E-state index contributed by atoms with van der Waals surface area (Å²) in [5, 5.41) is 7.44. The number of nitrogens with zero attached hydrogens (tertiary/aromatic N) is 3. The van der Waals surface area contributed by atoms with E-state index in [2.05, 4.69) is 45.0 Å². The molecule has 27 heavy (non-hydrogen) atoms. The number of para-hydroxylation sites is 1. The number of anilines is 1. The molecule has 2 rings (SSSR count). The molecule has 0 aliphatic carbocycles. The lowest BCUT2D eigenvalue weighted by Gasteiger charge is -2.23. The topological polar surface area (TPSA) is 50.2 Å². The maximum atomic E-state index is 13.8. The molecule has 0 fully saturated rings. The zero-order valence-corrected chi connectivity index (χ0v) is 17.2. The number of aromatic nitrogens is 2. The van der Waals surface area contributed by atoms with Crippen LogP contribution >= 0.6 is 0 Å². The molecule has 1 N–H and O–H groups in total. The third-order valence-corrected chi connectivity index (χ3v) is 4.42. The molecule has 0 unspecified atom stereocenters. The first-order chi connectivity index (χ1) is 12.6. The molecular weight excluding hydrogens is 343 g/mol. The van der Waals surface area contributed by atoms with Gasteiger partial charge >= 0.3 is 0 Å². The lowest BCUT2D eigenvalue weighted by molar-refractivity contribution is 0.0947. The summed E-state index contributed by atoms with van der Waals surface area (Å²) in [5.41, 5.74) is 1.87. The van der Waals surface area contributed by atoms with Crippen LogP contribution in [0.2, 0.25) is 0 Å². The molecule has 0 atom stereocenters. The van der Waals surface area contributed by atoms with Crippen molar-refractivity contribution in [3.63, 3.8) is 0 Å². The number of amides is 1. The number of carbonyl (C=O) groups excluding carboxylic acids is 1. The van der Waals surface area contributed by atoms with Crippen molar-refractivity contribution >= 4 is 11.6 Å². The van der Waals surface area contributed by atoms with Gasteiger partial charge in [-0.2, -0.15) is 5.10 Å². The number of hydrogen-bond acceptors (Lipinski definition) is 3. The summed E-state index contributed by atoms with van der Waals surface area (Å²) in [7, 11) is 1.85. The average Bonchev–Trinajstić information content (AvgIpc) is 3.05. The van der Waals surface area contributed by atoms with E-state index in [1.165, 1.54) is 6.07 Å². The summed E-state index contributed by atoms with van der Waals surface area (Å²) >= 11 is 0. The Morgan fingerprint density at radius 1 is 1.30 bits per heavy atom. The minimum atomic E-state index is -0.238. The first kappa shape index (κ1) is 20.9. The molecule has 0 aliphatic heterocycles. The van der Waals surface area contributed by atoms with Crippen LogP contribution in [0.5, 0.6) is 0 Å². The van der Waals surface area contributed by atoms with Gasteiger partial charge in [0.05, 0.1) is 11.2 Å². The minimum Gasteiger partial charge on any atom is -0.372 e. The highest BCUT2D eigenvalue weighted by atomic mass is 19.1. The molecule has 0 saturated heterocycles. The second kappa shape index (κ2) is 8.55.